The lowest BCUT2D eigenvalue weighted by Crippen LogP contribution is -2.37. The number of carbonyl (C=O) groups excluding carboxylic acids is 1. The Balaban J connectivity index is 1.68. The number of primary amides is 1. The van der Waals surface area contributed by atoms with Crippen LogP contribution in [0.5, 0.6) is 0 Å². The van der Waals surface area contributed by atoms with Crippen molar-refractivity contribution in [3.63, 3.8) is 0 Å². The summed E-state index contributed by atoms with van der Waals surface area (Å²) >= 11 is 0. The summed E-state index contributed by atoms with van der Waals surface area (Å²) < 4.78 is 16.8. The van der Waals surface area contributed by atoms with Gasteiger partial charge in [-0.25, -0.2) is 14.2 Å². The Morgan fingerprint density at radius 3 is 2.53 bits per heavy atom. The van der Waals surface area contributed by atoms with Gasteiger partial charge in [0.25, 0.3) is 5.91 Å². The molecule has 0 spiro atoms. The monoisotopic (exact) mass is 520 g/mol. The first-order valence-electron chi connectivity index (χ1n) is 11.8. The van der Waals surface area contributed by atoms with Crippen LogP contribution in [0.15, 0.2) is 54.6 Å². The lowest BCUT2D eigenvalue weighted by Gasteiger charge is -2.21. The minimum Gasteiger partial charge on any atom is -0.465 e. The SMILES string of the molecule is CN(C)c1nn(C)c2ccc(Nc3nc(NC(CNC(=O)O)Cc4ccccc4)c(F)cc3C(N)=O)cc12. The van der Waals surface area contributed by atoms with E-state index in [-0.39, 0.29) is 23.7 Å². The number of carboxylic acid groups (broad SMARTS) is 1. The lowest BCUT2D eigenvalue weighted by atomic mass is 10.1. The molecule has 11 nitrogen and oxygen atoms in total. The first kappa shape index (κ1) is 26.2. The van der Waals surface area contributed by atoms with E-state index in [1.165, 1.54) is 0 Å². The first-order valence-corrected chi connectivity index (χ1v) is 11.8. The first-order chi connectivity index (χ1) is 18.1. The molecular weight excluding hydrogens is 491 g/mol. The molecule has 2 aromatic heterocycles. The average molecular weight is 521 g/mol. The Morgan fingerprint density at radius 1 is 1.13 bits per heavy atom. The highest BCUT2D eigenvalue weighted by Crippen LogP contribution is 2.30. The number of fused-ring (bicyclic) bond motifs is 1. The number of nitrogens with zero attached hydrogens (tertiary/aromatic N) is 4. The minimum atomic E-state index is -1.20. The standard InChI is InChI=1S/C26H29FN8O3/c1-34(2)25-18-12-16(9-10-21(18)35(3)33-25)30-23-19(22(28)36)13-20(27)24(32-23)31-17(14-29-26(37)38)11-15-7-5-4-6-8-15/h4-10,12-13,17,29H,11,14H2,1-3H3,(H2,28,36)(H,37,38)(H2,30,31,32). The summed E-state index contributed by atoms with van der Waals surface area (Å²) in [7, 11) is 5.62. The van der Waals surface area contributed by atoms with Crippen molar-refractivity contribution < 1.29 is 19.1 Å². The van der Waals surface area contributed by atoms with E-state index in [4.69, 9.17) is 10.8 Å². The summed E-state index contributed by atoms with van der Waals surface area (Å²) in [5.41, 5.74) is 7.81. The molecule has 2 amide bonds. The summed E-state index contributed by atoms with van der Waals surface area (Å²) in [5.74, 6) is -0.987. The second-order valence-corrected chi connectivity index (χ2v) is 8.99. The fourth-order valence-corrected chi connectivity index (χ4v) is 4.14. The van der Waals surface area contributed by atoms with E-state index in [1.807, 2.05) is 68.5 Å². The third-order valence-electron chi connectivity index (χ3n) is 5.92. The maximum absolute atomic E-state index is 15.1. The Hall–Kier alpha value is -4.87. The summed E-state index contributed by atoms with van der Waals surface area (Å²) in [6, 6.07) is 15.4. The normalized spacial score (nSPS) is 11.7. The summed E-state index contributed by atoms with van der Waals surface area (Å²) in [6.45, 7) is -0.00331. The molecule has 4 aromatic rings. The Bertz CT molecular complexity index is 1470. The number of hydrogen-bond acceptors (Lipinski definition) is 7. The highest BCUT2D eigenvalue weighted by Gasteiger charge is 2.20. The van der Waals surface area contributed by atoms with Gasteiger partial charge in [0.15, 0.2) is 17.5 Å². The predicted octanol–water partition coefficient (Wildman–Crippen LogP) is 3.31. The van der Waals surface area contributed by atoms with Crippen molar-refractivity contribution in [3.8, 4) is 0 Å². The molecule has 0 fully saturated rings. The van der Waals surface area contributed by atoms with Gasteiger partial charge in [-0.05, 0) is 36.2 Å². The van der Waals surface area contributed by atoms with Crippen molar-refractivity contribution in [1.82, 2.24) is 20.1 Å². The van der Waals surface area contributed by atoms with Crippen LogP contribution in [0.4, 0.5) is 32.3 Å². The van der Waals surface area contributed by atoms with Gasteiger partial charge in [0, 0.05) is 44.8 Å². The van der Waals surface area contributed by atoms with E-state index in [1.54, 1.807) is 10.7 Å². The quantitative estimate of drug-likeness (QED) is 0.214. The van der Waals surface area contributed by atoms with Gasteiger partial charge >= 0.3 is 6.09 Å². The van der Waals surface area contributed by atoms with Gasteiger partial charge in [-0.2, -0.15) is 5.10 Å². The van der Waals surface area contributed by atoms with Crippen LogP contribution in [-0.4, -0.2) is 58.6 Å². The molecular formula is C26H29FN8O3. The van der Waals surface area contributed by atoms with Gasteiger partial charge in [-0.15, -0.1) is 0 Å². The number of nitrogens with two attached hydrogens (primary N) is 1. The molecule has 2 heterocycles. The summed E-state index contributed by atoms with van der Waals surface area (Å²) in [6.07, 6.45) is -0.805. The largest absolute Gasteiger partial charge is 0.465 e. The van der Waals surface area contributed by atoms with E-state index in [9.17, 15) is 9.59 Å². The van der Waals surface area contributed by atoms with Crippen LogP contribution in [0.2, 0.25) is 0 Å². The average Bonchev–Trinajstić information content (AvgIpc) is 3.20. The topological polar surface area (TPSA) is 150 Å². The molecule has 0 saturated heterocycles. The van der Waals surface area contributed by atoms with Crippen molar-refractivity contribution in [1.29, 1.82) is 0 Å². The van der Waals surface area contributed by atoms with Crippen molar-refractivity contribution in [2.45, 2.75) is 12.5 Å². The Morgan fingerprint density at radius 2 is 1.87 bits per heavy atom. The zero-order valence-electron chi connectivity index (χ0n) is 21.2. The number of aromatic nitrogens is 3. The van der Waals surface area contributed by atoms with Crippen LogP contribution in [0.1, 0.15) is 15.9 Å². The molecule has 1 unspecified atom stereocenters. The van der Waals surface area contributed by atoms with Gasteiger partial charge in [0.2, 0.25) is 0 Å². The van der Waals surface area contributed by atoms with Gasteiger partial charge in [0.05, 0.1) is 11.1 Å². The Labute approximate surface area is 218 Å². The molecule has 38 heavy (non-hydrogen) atoms. The van der Waals surface area contributed by atoms with E-state index >= 15 is 4.39 Å². The van der Waals surface area contributed by atoms with E-state index in [2.05, 4.69) is 26.0 Å². The molecule has 0 aliphatic heterocycles. The minimum absolute atomic E-state index is 0.00331. The molecule has 1 atom stereocenters. The third kappa shape index (κ3) is 5.91. The van der Waals surface area contributed by atoms with Crippen molar-refractivity contribution >= 4 is 46.0 Å². The van der Waals surface area contributed by atoms with Crippen LogP contribution in [0, 0.1) is 5.82 Å². The highest BCUT2D eigenvalue weighted by molar-refractivity contribution is 5.99. The fraction of sp³-hybridized carbons (Fsp3) is 0.231. The van der Waals surface area contributed by atoms with Crippen molar-refractivity contribution in [2.75, 3.05) is 36.2 Å². The number of benzene rings is 2. The number of aryl methyl sites for hydroxylation is 1. The zero-order valence-corrected chi connectivity index (χ0v) is 21.2. The second-order valence-electron chi connectivity index (χ2n) is 8.99. The maximum Gasteiger partial charge on any atom is 0.404 e. The van der Waals surface area contributed by atoms with Gasteiger partial charge in [-0.3, -0.25) is 9.48 Å². The second kappa shape index (κ2) is 11.0. The van der Waals surface area contributed by atoms with Gasteiger partial charge in [0.1, 0.15) is 5.82 Å². The van der Waals surface area contributed by atoms with Crippen molar-refractivity contribution in [2.24, 2.45) is 12.8 Å². The smallest absolute Gasteiger partial charge is 0.404 e. The van der Waals surface area contributed by atoms with Crippen LogP contribution in [-0.2, 0) is 13.5 Å². The van der Waals surface area contributed by atoms with Crippen LogP contribution in [0.25, 0.3) is 10.9 Å². The molecule has 12 heteroatoms. The van der Waals surface area contributed by atoms with Crippen molar-refractivity contribution in [3.05, 3.63) is 71.5 Å². The summed E-state index contributed by atoms with van der Waals surface area (Å²) in [5, 5.41) is 22.9. The number of anilines is 4. The number of halogens is 1. The molecule has 0 saturated carbocycles. The van der Waals surface area contributed by atoms with Crippen LogP contribution in [0.3, 0.4) is 0 Å². The molecule has 0 aliphatic carbocycles. The maximum atomic E-state index is 15.1. The number of hydrogen-bond donors (Lipinski definition) is 5. The van der Waals surface area contributed by atoms with Gasteiger partial charge < -0.3 is 31.7 Å². The number of carbonyl (C=O) groups is 2. The Kier molecular flexibility index (Phi) is 7.61. The summed E-state index contributed by atoms with van der Waals surface area (Å²) in [4.78, 5) is 29.5. The molecule has 2 aromatic carbocycles. The molecule has 6 N–H and O–H groups in total. The van der Waals surface area contributed by atoms with E-state index in [0.717, 1.165) is 28.4 Å². The van der Waals surface area contributed by atoms with Crippen LogP contribution >= 0.6 is 0 Å². The molecule has 4 rings (SSSR count). The molecule has 0 radical (unpaired) electrons. The lowest BCUT2D eigenvalue weighted by molar-refractivity contribution is 0.100. The van der Waals surface area contributed by atoms with E-state index in [0.29, 0.717) is 12.1 Å². The van der Waals surface area contributed by atoms with Gasteiger partial charge in [-0.1, -0.05) is 30.3 Å². The highest BCUT2D eigenvalue weighted by atomic mass is 19.1. The number of amides is 2. The number of pyridine rings is 1. The predicted molar refractivity (Wildman–Crippen MR) is 145 cm³/mol. The third-order valence-corrected chi connectivity index (χ3v) is 5.92. The fourth-order valence-electron chi connectivity index (χ4n) is 4.14. The molecule has 0 bridgehead atoms. The van der Waals surface area contributed by atoms with Crippen LogP contribution < -0.4 is 26.6 Å². The van der Waals surface area contributed by atoms with E-state index < -0.39 is 23.9 Å². The zero-order chi connectivity index (χ0) is 27.4. The number of nitrogens with one attached hydrogen (secondary N) is 3. The molecule has 198 valence electrons. The number of rotatable bonds is 10. The molecule has 0 aliphatic rings.